The number of aliphatic imine (C=N–C) groups is 1. The topological polar surface area (TPSA) is 40.5 Å². The second kappa shape index (κ2) is 4.76. The first kappa shape index (κ1) is 10.7. The SMILES string of the molecule is C=C(C)N(C)N/C(C)=N\c1nccs1. The van der Waals surface area contributed by atoms with Gasteiger partial charge >= 0.3 is 0 Å². The molecule has 0 spiro atoms. The number of hydrazine groups is 1. The molecule has 0 aliphatic heterocycles. The minimum atomic E-state index is 0.755. The Hall–Kier alpha value is -1.36. The van der Waals surface area contributed by atoms with Gasteiger partial charge in [-0.15, -0.1) is 11.3 Å². The van der Waals surface area contributed by atoms with Gasteiger partial charge in [-0.05, 0) is 13.8 Å². The first-order valence-electron chi connectivity index (χ1n) is 4.20. The molecular weight excluding hydrogens is 196 g/mol. The smallest absolute Gasteiger partial charge is 0.210 e. The Labute approximate surface area is 88.0 Å². The third-order valence-corrected chi connectivity index (χ3v) is 2.25. The van der Waals surface area contributed by atoms with Gasteiger partial charge in [-0.1, -0.05) is 6.58 Å². The number of hydrogen-bond donors (Lipinski definition) is 1. The number of thiazole rings is 1. The van der Waals surface area contributed by atoms with Crippen molar-refractivity contribution in [1.82, 2.24) is 15.4 Å². The summed E-state index contributed by atoms with van der Waals surface area (Å²) in [6.45, 7) is 7.61. The van der Waals surface area contributed by atoms with Gasteiger partial charge in [-0.2, -0.15) is 0 Å². The molecule has 0 saturated heterocycles. The molecule has 1 aromatic heterocycles. The highest BCUT2D eigenvalue weighted by Crippen LogP contribution is 2.14. The molecule has 0 radical (unpaired) electrons. The van der Waals surface area contributed by atoms with Crippen molar-refractivity contribution in [3.63, 3.8) is 0 Å². The largest absolute Gasteiger partial charge is 0.295 e. The summed E-state index contributed by atoms with van der Waals surface area (Å²) >= 11 is 1.51. The molecule has 0 unspecified atom stereocenters. The van der Waals surface area contributed by atoms with Crippen LogP contribution in [0.15, 0.2) is 28.8 Å². The Kier molecular flexibility index (Phi) is 3.64. The fourth-order valence-corrected chi connectivity index (χ4v) is 1.33. The second-order valence-electron chi connectivity index (χ2n) is 2.92. The molecule has 0 aliphatic carbocycles. The summed E-state index contributed by atoms with van der Waals surface area (Å²) in [5.41, 5.74) is 4.00. The van der Waals surface area contributed by atoms with E-state index in [1.165, 1.54) is 11.3 Å². The van der Waals surface area contributed by atoms with Crippen molar-refractivity contribution in [3.05, 3.63) is 23.9 Å². The molecule has 0 bridgehead atoms. The van der Waals surface area contributed by atoms with E-state index in [1.54, 1.807) is 6.20 Å². The number of rotatable bonds is 3. The summed E-state index contributed by atoms with van der Waals surface area (Å²) < 4.78 is 0. The van der Waals surface area contributed by atoms with E-state index in [9.17, 15) is 0 Å². The predicted molar refractivity (Wildman–Crippen MR) is 60.6 cm³/mol. The van der Waals surface area contributed by atoms with Gasteiger partial charge in [0, 0.05) is 24.3 Å². The van der Waals surface area contributed by atoms with Crippen LogP contribution in [0.4, 0.5) is 5.13 Å². The first-order chi connectivity index (χ1) is 6.59. The molecule has 0 saturated carbocycles. The second-order valence-corrected chi connectivity index (χ2v) is 3.79. The summed E-state index contributed by atoms with van der Waals surface area (Å²) in [6.07, 6.45) is 1.74. The van der Waals surface area contributed by atoms with Crippen LogP contribution in [0.3, 0.4) is 0 Å². The third kappa shape index (κ3) is 3.18. The highest BCUT2D eigenvalue weighted by Gasteiger charge is 1.98. The molecule has 0 fully saturated rings. The molecule has 0 amide bonds. The Balaban J connectivity index is 2.58. The molecule has 0 aliphatic rings. The van der Waals surface area contributed by atoms with Gasteiger partial charge in [0.2, 0.25) is 5.13 Å². The standard InChI is InChI=1S/C9H14N4S/c1-7(2)13(4)12-8(3)11-9-10-5-6-14-9/h5-6H,1H2,2-4H3,(H,10,11,12). The maximum absolute atomic E-state index is 4.27. The van der Waals surface area contributed by atoms with Crippen LogP contribution >= 0.6 is 11.3 Å². The lowest BCUT2D eigenvalue weighted by molar-refractivity contribution is 0.373. The summed E-state index contributed by atoms with van der Waals surface area (Å²) in [5, 5.41) is 4.46. The monoisotopic (exact) mass is 210 g/mol. The molecule has 0 atom stereocenters. The van der Waals surface area contributed by atoms with E-state index in [-0.39, 0.29) is 0 Å². The van der Waals surface area contributed by atoms with Crippen molar-refractivity contribution in [3.8, 4) is 0 Å². The average Bonchev–Trinajstić information content (AvgIpc) is 2.56. The van der Waals surface area contributed by atoms with Gasteiger partial charge in [0.15, 0.2) is 0 Å². The van der Waals surface area contributed by atoms with E-state index in [2.05, 4.69) is 22.0 Å². The molecule has 5 heteroatoms. The Morgan fingerprint density at radius 3 is 2.86 bits per heavy atom. The van der Waals surface area contributed by atoms with Gasteiger partial charge in [-0.25, -0.2) is 9.98 Å². The minimum absolute atomic E-state index is 0.755. The summed E-state index contributed by atoms with van der Waals surface area (Å²) in [4.78, 5) is 8.33. The van der Waals surface area contributed by atoms with Crippen LogP contribution in [-0.2, 0) is 0 Å². The lowest BCUT2D eigenvalue weighted by Crippen LogP contribution is -2.36. The fraction of sp³-hybridized carbons (Fsp3) is 0.333. The highest BCUT2D eigenvalue weighted by atomic mass is 32.1. The van der Waals surface area contributed by atoms with Crippen molar-refractivity contribution < 1.29 is 0 Å². The Bertz CT molecular complexity index is 329. The van der Waals surface area contributed by atoms with Gasteiger partial charge in [-0.3, -0.25) is 10.4 Å². The molecule has 4 nitrogen and oxygen atoms in total. The summed E-state index contributed by atoms with van der Waals surface area (Å²) in [5.74, 6) is 0.797. The quantitative estimate of drug-likeness (QED) is 0.472. The molecule has 1 rings (SSSR count). The molecule has 1 heterocycles. The van der Waals surface area contributed by atoms with E-state index < -0.39 is 0 Å². The number of allylic oxidation sites excluding steroid dienone is 1. The Morgan fingerprint density at radius 2 is 2.36 bits per heavy atom. The van der Waals surface area contributed by atoms with Crippen LogP contribution < -0.4 is 5.43 Å². The van der Waals surface area contributed by atoms with Crippen LogP contribution in [-0.4, -0.2) is 22.9 Å². The summed E-state index contributed by atoms with van der Waals surface area (Å²) in [7, 11) is 1.89. The first-order valence-corrected chi connectivity index (χ1v) is 5.08. The van der Waals surface area contributed by atoms with Gasteiger partial charge in [0.25, 0.3) is 0 Å². The number of amidine groups is 1. The van der Waals surface area contributed by atoms with E-state index in [0.29, 0.717) is 0 Å². The lowest BCUT2D eigenvalue weighted by atomic mass is 10.5. The van der Waals surface area contributed by atoms with Crippen molar-refractivity contribution in [1.29, 1.82) is 0 Å². The zero-order chi connectivity index (χ0) is 10.6. The van der Waals surface area contributed by atoms with Crippen molar-refractivity contribution in [2.45, 2.75) is 13.8 Å². The van der Waals surface area contributed by atoms with Crippen LogP contribution in [0.5, 0.6) is 0 Å². The molecular formula is C9H14N4S. The zero-order valence-corrected chi connectivity index (χ0v) is 9.43. The fourth-order valence-electron chi connectivity index (χ4n) is 0.778. The van der Waals surface area contributed by atoms with Gasteiger partial charge in [0.05, 0.1) is 0 Å². The molecule has 14 heavy (non-hydrogen) atoms. The van der Waals surface area contributed by atoms with Crippen molar-refractivity contribution in [2.24, 2.45) is 4.99 Å². The highest BCUT2D eigenvalue weighted by molar-refractivity contribution is 7.13. The van der Waals surface area contributed by atoms with Crippen molar-refractivity contribution >= 4 is 22.3 Å². The maximum Gasteiger partial charge on any atom is 0.210 e. The Morgan fingerprint density at radius 1 is 1.64 bits per heavy atom. The third-order valence-electron chi connectivity index (χ3n) is 1.58. The van der Waals surface area contributed by atoms with E-state index in [1.807, 2.05) is 31.3 Å². The van der Waals surface area contributed by atoms with Crippen LogP contribution in [0.1, 0.15) is 13.8 Å². The van der Waals surface area contributed by atoms with Crippen LogP contribution in [0.25, 0.3) is 0 Å². The normalized spacial score (nSPS) is 11.2. The van der Waals surface area contributed by atoms with E-state index in [0.717, 1.165) is 16.7 Å². The number of aromatic nitrogens is 1. The number of hydrogen-bond acceptors (Lipinski definition) is 4. The maximum atomic E-state index is 4.27. The molecule has 1 N–H and O–H groups in total. The van der Waals surface area contributed by atoms with E-state index >= 15 is 0 Å². The van der Waals surface area contributed by atoms with Gasteiger partial charge in [0.1, 0.15) is 5.84 Å². The average molecular weight is 210 g/mol. The summed E-state index contributed by atoms with van der Waals surface area (Å²) in [6, 6.07) is 0. The van der Waals surface area contributed by atoms with E-state index in [4.69, 9.17) is 0 Å². The van der Waals surface area contributed by atoms with Crippen LogP contribution in [0.2, 0.25) is 0 Å². The zero-order valence-electron chi connectivity index (χ0n) is 8.61. The lowest BCUT2D eigenvalue weighted by Gasteiger charge is -2.20. The van der Waals surface area contributed by atoms with Crippen molar-refractivity contribution in [2.75, 3.05) is 7.05 Å². The van der Waals surface area contributed by atoms with Gasteiger partial charge < -0.3 is 0 Å². The molecule has 1 aromatic rings. The minimum Gasteiger partial charge on any atom is -0.295 e. The molecule has 76 valence electrons. The van der Waals surface area contributed by atoms with Crippen LogP contribution in [0, 0.1) is 0 Å². The number of nitrogens with one attached hydrogen (secondary N) is 1. The number of nitrogens with zero attached hydrogens (tertiary/aromatic N) is 3. The molecule has 0 aromatic carbocycles. The predicted octanol–water partition coefficient (Wildman–Crippen LogP) is 2.16.